The number of halogens is 1. The van der Waals surface area contributed by atoms with Crippen LogP contribution in [0.4, 0.5) is 4.79 Å². The third-order valence-corrected chi connectivity index (χ3v) is 0. The fraction of sp³-hybridized carbons (Fsp3) is 0. The van der Waals surface area contributed by atoms with Crippen molar-refractivity contribution in [3.8, 4) is 0 Å². The van der Waals surface area contributed by atoms with Crippen molar-refractivity contribution in [2.75, 3.05) is 0 Å². The quantitative estimate of drug-likeness (QED) is 0.417. The summed E-state index contributed by atoms with van der Waals surface area (Å²) >= 11 is 0. The van der Waals surface area contributed by atoms with E-state index in [2.05, 4.69) is 0 Å². The molecule has 0 radical (unpaired) electrons. The van der Waals surface area contributed by atoms with Gasteiger partial charge in [-0.25, -0.2) is 0 Å². The Hall–Kier alpha value is 2.32. The molecule has 0 amide bonds. The zero-order chi connectivity index (χ0) is 3.58. The van der Waals surface area contributed by atoms with Gasteiger partial charge in [-0.2, -0.15) is 0 Å². The molecular formula is CBaBrNaO3. The van der Waals surface area contributed by atoms with Gasteiger partial charge in [-0.05, 0) is 6.16 Å². The van der Waals surface area contributed by atoms with E-state index < -0.39 is 6.16 Å². The molecule has 6 heteroatoms. The number of carbonyl (C=O) groups is 1. The molecule has 0 aromatic heterocycles. The number of carboxylic acid groups (broad SMARTS) is 2. The van der Waals surface area contributed by atoms with E-state index in [-0.39, 0.29) is 95.4 Å². The van der Waals surface area contributed by atoms with E-state index in [1.54, 1.807) is 0 Å². The molecule has 0 saturated heterocycles. The van der Waals surface area contributed by atoms with Gasteiger partial charge in [0.1, 0.15) is 0 Å². The second-order valence-corrected chi connectivity index (χ2v) is 0.250. The molecule has 0 aromatic rings. The Morgan fingerprint density at radius 2 is 1.29 bits per heavy atom. The van der Waals surface area contributed by atoms with E-state index in [9.17, 15) is 0 Å². The van der Waals surface area contributed by atoms with Gasteiger partial charge in [-0.15, -0.1) is 0 Å². The van der Waals surface area contributed by atoms with E-state index in [1.807, 2.05) is 0 Å². The molecule has 0 saturated carbocycles. The van der Waals surface area contributed by atoms with Crippen LogP contribution in [0.3, 0.4) is 0 Å². The van der Waals surface area contributed by atoms with Crippen molar-refractivity contribution in [1.82, 2.24) is 0 Å². The summed E-state index contributed by atoms with van der Waals surface area (Å²) in [5.74, 6) is 0. The standard InChI is InChI=1S/CH2O3.Ba.BrH.Na/c2-1(3)4;;;/h(H2,2,3,4);;1H;/q;+2;;+1/p-3. The van der Waals surface area contributed by atoms with Crippen LogP contribution in [0.2, 0.25) is 0 Å². The predicted molar refractivity (Wildman–Crippen MR) is 11.1 cm³/mol. The second-order valence-electron chi connectivity index (χ2n) is 0.250. The van der Waals surface area contributed by atoms with Gasteiger partial charge in [0, 0.05) is 0 Å². The summed E-state index contributed by atoms with van der Waals surface area (Å²) in [5.41, 5.74) is 0. The monoisotopic (exact) mass is 300 g/mol. The van der Waals surface area contributed by atoms with Crippen LogP contribution in [0.1, 0.15) is 0 Å². The summed E-state index contributed by atoms with van der Waals surface area (Å²) < 4.78 is 0. The first-order chi connectivity index (χ1) is 1.73. The number of carbonyl (C=O) groups excluding carboxylic acids is 1. The molecule has 0 bridgehead atoms. The molecular weight excluding hydrogens is 300 g/mol. The third-order valence-electron chi connectivity index (χ3n) is 0. The van der Waals surface area contributed by atoms with Gasteiger partial charge < -0.3 is 32.0 Å². The molecule has 7 heavy (non-hydrogen) atoms. The summed E-state index contributed by atoms with van der Waals surface area (Å²) in [5, 5.41) is 16.7. The molecule has 0 aliphatic heterocycles. The van der Waals surface area contributed by atoms with Crippen molar-refractivity contribution >= 4 is 55.0 Å². The number of hydrogen-bond acceptors (Lipinski definition) is 3. The first-order valence-corrected chi connectivity index (χ1v) is 0.612. The Morgan fingerprint density at radius 3 is 1.29 bits per heavy atom. The van der Waals surface area contributed by atoms with Gasteiger partial charge in [-0.1, -0.05) is 0 Å². The van der Waals surface area contributed by atoms with Crippen molar-refractivity contribution in [3.05, 3.63) is 0 Å². The van der Waals surface area contributed by atoms with Crippen LogP contribution in [0.15, 0.2) is 0 Å². The minimum absolute atomic E-state index is 0. The third kappa shape index (κ3) is 61.7. The van der Waals surface area contributed by atoms with Crippen LogP contribution in [0, 0.1) is 0 Å². The Labute approximate surface area is 114 Å². The zero-order valence-corrected chi connectivity index (χ0v) is 11.8. The van der Waals surface area contributed by atoms with Crippen molar-refractivity contribution in [1.29, 1.82) is 0 Å². The topological polar surface area (TPSA) is 63.2 Å². The van der Waals surface area contributed by atoms with E-state index in [0.717, 1.165) is 0 Å². The van der Waals surface area contributed by atoms with E-state index >= 15 is 0 Å². The summed E-state index contributed by atoms with van der Waals surface area (Å²) in [4.78, 5) is 8.33. The van der Waals surface area contributed by atoms with Crippen molar-refractivity contribution < 1.29 is 61.5 Å². The zero-order valence-electron chi connectivity index (χ0n) is 3.81. The van der Waals surface area contributed by atoms with Gasteiger partial charge >= 0.3 is 78.4 Å². The van der Waals surface area contributed by atoms with Crippen molar-refractivity contribution in [3.63, 3.8) is 0 Å². The second kappa shape index (κ2) is 15.8. The summed E-state index contributed by atoms with van der Waals surface area (Å²) in [6.07, 6.45) is -2.33. The molecule has 0 fully saturated rings. The molecule has 0 rings (SSSR count). The fourth-order valence-corrected chi connectivity index (χ4v) is 0. The van der Waals surface area contributed by atoms with Crippen LogP contribution in [-0.2, 0) is 0 Å². The van der Waals surface area contributed by atoms with Crippen molar-refractivity contribution in [2.45, 2.75) is 0 Å². The summed E-state index contributed by atoms with van der Waals surface area (Å²) in [6.45, 7) is 0. The molecule has 0 aliphatic carbocycles. The Morgan fingerprint density at radius 1 is 1.29 bits per heavy atom. The van der Waals surface area contributed by atoms with Gasteiger partial charge in [0.2, 0.25) is 0 Å². The molecule has 0 atom stereocenters. The van der Waals surface area contributed by atoms with Gasteiger partial charge in [0.05, 0.1) is 0 Å². The number of rotatable bonds is 0. The smallest absolute Gasteiger partial charge is 1.00 e. The van der Waals surface area contributed by atoms with E-state index in [4.69, 9.17) is 15.0 Å². The van der Waals surface area contributed by atoms with E-state index in [1.165, 1.54) is 0 Å². The molecule has 0 aromatic carbocycles. The Bertz CT molecular complexity index is 37.9. The molecule has 0 N–H and O–H groups in total. The van der Waals surface area contributed by atoms with Crippen LogP contribution in [0.25, 0.3) is 0 Å². The van der Waals surface area contributed by atoms with Gasteiger partial charge in [0.15, 0.2) is 0 Å². The maximum atomic E-state index is 8.33. The first-order valence-electron chi connectivity index (χ1n) is 0.612. The minimum atomic E-state index is -2.33. The normalized spacial score (nSPS) is 3.43. The van der Waals surface area contributed by atoms with Gasteiger partial charge in [0.25, 0.3) is 0 Å². The van der Waals surface area contributed by atoms with Gasteiger partial charge in [-0.3, -0.25) is 0 Å². The molecule has 32 valence electrons. The van der Waals surface area contributed by atoms with Crippen LogP contribution < -0.4 is 56.8 Å². The molecule has 0 aliphatic rings. The summed E-state index contributed by atoms with van der Waals surface area (Å²) in [7, 11) is 0. The maximum Gasteiger partial charge on any atom is 2.00 e. The SMILES string of the molecule is O=C([O-])[O-].[Ba+2].[Br-].[Na+]. The fourth-order valence-electron chi connectivity index (χ4n) is 0. The molecule has 3 nitrogen and oxygen atoms in total. The molecule has 0 heterocycles. The van der Waals surface area contributed by atoms with E-state index in [0.29, 0.717) is 0 Å². The first kappa shape index (κ1) is 22.8. The van der Waals surface area contributed by atoms with Crippen molar-refractivity contribution in [2.24, 2.45) is 0 Å². The largest absolute Gasteiger partial charge is 2.00 e. The average Bonchev–Trinajstić information content (AvgIpc) is 0.811. The maximum absolute atomic E-state index is 8.33. The Kier molecular flexibility index (Phi) is 51.3. The molecule has 0 spiro atoms. The van der Waals surface area contributed by atoms with Crippen LogP contribution in [0.5, 0.6) is 0 Å². The van der Waals surface area contributed by atoms with Crippen LogP contribution in [-0.4, -0.2) is 55.0 Å². The molecule has 0 unspecified atom stereocenters. The minimum Gasteiger partial charge on any atom is -1.00 e. The summed E-state index contributed by atoms with van der Waals surface area (Å²) in [6, 6.07) is 0. The predicted octanol–water partition coefficient (Wildman–Crippen LogP) is -8.82. The Balaban J connectivity index is -0.0000000150. The average molecular weight is 300 g/mol. The van der Waals surface area contributed by atoms with Crippen LogP contribution >= 0.6 is 0 Å². The number of hydrogen-bond donors (Lipinski definition) is 0.